The number of nitrogens with one attached hydrogen (secondary N) is 1. The first kappa shape index (κ1) is 21.4. The molecule has 0 atom stereocenters. The van der Waals surface area contributed by atoms with Gasteiger partial charge >= 0.3 is 0 Å². The number of methoxy groups -OCH3 is 1. The van der Waals surface area contributed by atoms with Gasteiger partial charge in [-0.15, -0.1) is 0 Å². The van der Waals surface area contributed by atoms with Gasteiger partial charge in [0.15, 0.2) is 5.06 Å². The monoisotopic (exact) mass is 458 g/mol. The minimum absolute atomic E-state index is 0.246. The highest BCUT2D eigenvalue weighted by Crippen LogP contribution is 2.50. The number of primary amides is 1. The second kappa shape index (κ2) is 9.13. The second-order valence-corrected chi connectivity index (χ2v) is 8.89. The molecule has 3 aromatic rings. The van der Waals surface area contributed by atoms with Gasteiger partial charge in [-0.25, -0.2) is 9.36 Å². The Balaban J connectivity index is 1.59. The fraction of sp³-hybridized carbons (Fsp3) is 0.333. The predicted molar refractivity (Wildman–Crippen MR) is 119 cm³/mol. The van der Waals surface area contributed by atoms with Crippen molar-refractivity contribution in [3.63, 3.8) is 0 Å². The summed E-state index contributed by atoms with van der Waals surface area (Å²) >= 11 is 2.63. The number of aromatic nitrogens is 2. The highest BCUT2D eigenvalue weighted by atomic mass is 32.1. The molecular weight excluding hydrogens is 436 g/mol. The maximum Gasteiger partial charge on any atom is 0.269 e. The van der Waals surface area contributed by atoms with Crippen LogP contribution in [-0.2, 0) is 17.6 Å². The van der Waals surface area contributed by atoms with Gasteiger partial charge in [-0.2, -0.15) is 0 Å². The topological polar surface area (TPSA) is 116 Å². The molecule has 0 saturated carbocycles. The Morgan fingerprint density at radius 3 is 2.87 bits per heavy atom. The molecule has 10 heteroatoms. The van der Waals surface area contributed by atoms with Crippen LogP contribution in [0.4, 0.5) is 0 Å². The summed E-state index contributed by atoms with van der Waals surface area (Å²) in [5.74, 6) is -0.184. The average molecular weight is 459 g/mol. The normalized spacial score (nSPS) is 12.2. The van der Waals surface area contributed by atoms with E-state index in [0.29, 0.717) is 40.2 Å². The third kappa shape index (κ3) is 4.32. The van der Waals surface area contributed by atoms with Crippen LogP contribution in [0.2, 0.25) is 0 Å². The molecule has 3 heterocycles. The molecule has 0 unspecified atom stereocenters. The molecule has 2 amide bonds. The Morgan fingerprint density at radius 2 is 2.13 bits per heavy atom. The Kier molecular flexibility index (Phi) is 6.30. The summed E-state index contributed by atoms with van der Waals surface area (Å²) in [6.45, 7) is 2.88. The quantitative estimate of drug-likeness (QED) is 0.500. The van der Waals surface area contributed by atoms with Crippen LogP contribution in [0.1, 0.15) is 43.4 Å². The minimum Gasteiger partial charge on any atom is -0.444 e. The van der Waals surface area contributed by atoms with E-state index in [-0.39, 0.29) is 5.91 Å². The van der Waals surface area contributed by atoms with Crippen molar-refractivity contribution in [2.75, 3.05) is 20.3 Å². The van der Waals surface area contributed by atoms with Gasteiger partial charge in [-0.05, 0) is 61.0 Å². The second-order valence-electron chi connectivity index (χ2n) is 7.10. The molecule has 3 N–H and O–H groups in total. The zero-order valence-electron chi connectivity index (χ0n) is 17.2. The molecule has 0 fully saturated rings. The summed E-state index contributed by atoms with van der Waals surface area (Å²) in [4.78, 5) is 30.2. The van der Waals surface area contributed by atoms with Crippen molar-refractivity contribution in [1.29, 1.82) is 0 Å². The SMILES string of the molecule is COCCCNC(=O)c1ccc(Oc2sc(C(N)=O)c3c2-c2sncc2CC3)c(C)n1. The minimum atomic E-state index is -0.459. The van der Waals surface area contributed by atoms with Gasteiger partial charge in [0.1, 0.15) is 11.4 Å². The van der Waals surface area contributed by atoms with Crippen LogP contribution in [-0.4, -0.2) is 41.4 Å². The van der Waals surface area contributed by atoms with Gasteiger partial charge in [0.25, 0.3) is 11.8 Å². The fourth-order valence-electron chi connectivity index (χ4n) is 3.48. The van der Waals surface area contributed by atoms with Crippen LogP contribution in [0.25, 0.3) is 10.4 Å². The van der Waals surface area contributed by atoms with Crippen LogP contribution in [0.15, 0.2) is 18.3 Å². The maximum atomic E-state index is 12.3. The van der Waals surface area contributed by atoms with Crippen molar-refractivity contribution in [3.8, 4) is 21.3 Å². The summed E-state index contributed by atoms with van der Waals surface area (Å²) in [5, 5.41) is 3.41. The molecule has 0 aromatic carbocycles. The van der Waals surface area contributed by atoms with Crippen molar-refractivity contribution < 1.29 is 19.1 Å². The number of carbonyl (C=O) groups is 2. The molecule has 1 aliphatic rings. The molecule has 0 spiro atoms. The third-order valence-electron chi connectivity index (χ3n) is 5.00. The number of pyridine rings is 1. The van der Waals surface area contributed by atoms with Gasteiger partial charge in [0, 0.05) is 26.5 Å². The first-order valence-corrected chi connectivity index (χ1v) is 11.4. The van der Waals surface area contributed by atoms with E-state index in [4.69, 9.17) is 15.2 Å². The molecule has 3 aromatic heterocycles. The predicted octanol–water partition coefficient (Wildman–Crippen LogP) is 3.33. The standard InChI is InChI=1S/C21H22N4O4S2/c1-11-15(7-6-14(25-11)20(27)23-8-3-9-28-2)29-21-16-13(18(30-21)19(22)26)5-4-12-10-24-31-17(12)16/h6-7,10H,3-5,8-9H2,1-2H3,(H2,22,26)(H,23,27). The van der Waals surface area contributed by atoms with Crippen molar-refractivity contribution in [2.45, 2.75) is 26.2 Å². The lowest BCUT2D eigenvalue weighted by Gasteiger charge is -2.14. The van der Waals surface area contributed by atoms with Crippen LogP contribution >= 0.6 is 22.9 Å². The summed E-state index contributed by atoms with van der Waals surface area (Å²) in [7, 11) is 1.62. The average Bonchev–Trinajstić information content (AvgIpc) is 3.37. The number of thiophene rings is 1. The van der Waals surface area contributed by atoms with Gasteiger partial charge in [0.2, 0.25) is 0 Å². The smallest absolute Gasteiger partial charge is 0.269 e. The zero-order valence-corrected chi connectivity index (χ0v) is 18.8. The number of ether oxygens (including phenoxy) is 2. The van der Waals surface area contributed by atoms with Crippen molar-refractivity contribution in [3.05, 3.63) is 45.7 Å². The van der Waals surface area contributed by atoms with Crippen molar-refractivity contribution >= 4 is 34.7 Å². The summed E-state index contributed by atoms with van der Waals surface area (Å²) < 4.78 is 15.5. The molecule has 8 nitrogen and oxygen atoms in total. The zero-order chi connectivity index (χ0) is 22.0. The van der Waals surface area contributed by atoms with Crippen LogP contribution in [0, 0.1) is 6.92 Å². The van der Waals surface area contributed by atoms with E-state index in [1.165, 1.54) is 22.9 Å². The lowest BCUT2D eigenvalue weighted by atomic mass is 9.93. The number of hydrogen-bond donors (Lipinski definition) is 2. The Bertz CT molecular complexity index is 1140. The van der Waals surface area contributed by atoms with Crippen molar-refractivity contribution in [1.82, 2.24) is 14.7 Å². The molecule has 1 aliphatic carbocycles. The number of amides is 2. The number of nitrogens with two attached hydrogens (primary N) is 1. The van der Waals surface area contributed by atoms with Gasteiger partial charge in [-0.1, -0.05) is 11.3 Å². The Hall–Kier alpha value is -2.82. The maximum absolute atomic E-state index is 12.3. The van der Waals surface area contributed by atoms with Gasteiger partial charge in [0.05, 0.1) is 21.0 Å². The van der Waals surface area contributed by atoms with E-state index >= 15 is 0 Å². The molecule has 0 radical (unpaired) electrons. The van der Waals surface area contributed by atoms with Crippen molar-refractivity contribution in [2.24, 2.45) is 5.73 Å². The summed E-state index contributed by atoms with van der Waals surface area (Å²) in [5.41, 5.74) is 9.47. The largest absolute Gasteiger partial charge is 0.444 e. The Morgan fingerprint density at radius 1 is 1.29 bits per heavy atom. The molecule has 162 valence electrons. The number of fused-ring (bicyclic) bond motifs is 3. The molecule has 0 aliphatic heterocycles. The lowest BCUT2D eigenvalue weighted by Crippen LogP contribution is -2.26. The van der Waals surface area contributed by atoms with Crippen LogP contribution < -0.4 is 15.8 Å². The van der Waals surface area contributed by atoms with E-state index in [1.54, 1.807) is 26.2 Å². The highest BCUT2D eigenvalue weighted by molar-refractivity contribution is 7.17. The number of hydrogen-bond acceptors (Lipinski definition) is 8. The van der Waals surface area contributed by atoms with Crippen LogP contribution in [0.3, 0.4) is 0 Å². The first-order chi connectivity index (χ1) is 15.0. The van der Waals surface area contributed by atoms with E-state index < -0.39 is 5.91 Å². The molecule has 4 rings (SSSR count). The van der Waals surface area contributed by atoms with Gasteiger partial charge in [-0.3, -0.25) is 9.59 Å². The first-order valence-electron chi connectivity index (χ1n) is 9.81. The Labute approximate surface area is 187 Å². The fourth-order valence-corrected chi connectivity index (χ4v) is 5.48. The number of nitrogens with zero attached hydrogens (tertiary/aromatic N) is 2. The third-order valence-corrected chi connectivity index (χ3v) is 6.98. The van der Waals surface area contributed by atoms with E-state index in [9.17, 15) is 9.59 Å². The molecular formula is C21H22N4O4S2. The summed E-state index contributed by atoms with van der Waals surface area (Å²) in [6, 6.07) is 3.35. The number of carbonyl (C=O) groups excluding carboxylic acids is 2. The lowest BCUT2D eigenvalue weighted by molar-refractivity contribution is 0.0942. The highest BCUT2D eigenvalue weighted by Gasteiger charge is 2.30. The van der Waals surface area contributed by atoms with Crippen LogP contribution in [0.5, 0.6) is 10.8 Å². The molecule has 31 heavy (non-hydrogen) atoms. The van der Waals surface area contributed by atoms with Gasteiger partial charge < -0.3 is 20.5 Å². The summed E-state index contributed by atoms with van der Waals surface area (Å²) in [6.07, 6.45) is 4.14. The number of rotatable bonds is 8. The molecule has 0 bridgehead atoms. The van der Waals surface area contributed by atoms with E-state index in [0.717, 1.165) is 40.8 Å². The number of aryl methyl sites for hydroxylation is 2. The van der Waals surface area contributed by atoms with E-state index in [2.05, 4.69) is 14.7 Å². The molecule has 0 saturated heterocycles. The van der Waals surface area contributed by atoms with E-state index in [1.807, 2.05) is 6.20 Å².